The van der Waals surface area contributed by atoms with E-state index < -0.39 is 0 Å². The Kier molecular flexibility index (Phi) is 7.43. The molecule has 0 bridgehead atoms. The average Bonchev–Trinajstić information content (AvgIpc) is 2.74. The molecule has 0 saturated carbocycles. The number of amides is 1. The van der Waals surface area contributed by atoms with Crippen molar-refractivity contribution in [3.63, 3.8) is 0 Å². The van der Waals surface area contributed by atoms with Crippen molar-refractivity contribution in [2.45, 2.75) is 6.61 Å². The third-order valence-corrected chi connectivity index (χ3v) is 5.12. The van der Waals surface area contributed by atoms with Crippen LogP contribution >= 0.6 is 31.9 Å². The molecule has 0 fully saturated rings. The molecule has 3 aromatic rings. The summed E-state index contributed by atoms with van der Waals surface area (Å²) in [6, 6.07) is 20.4. The number of nitrogens with one attached hydrogen (secondary N) is 1. The van der Waals surface area contributed by atoms with Crippen LogP contribution in [0.2, 0.25) is 0 Å². The monoisotopic (exact) mass is 516 g/mol. The minimum atomic E-state index is -0.311. The maximum atomic E-state index is 12.2. The quantitative estimate of drug-likeness (QED) is 0.329. The van der Waals surface area contributed by atoms with Gasteiger partial charge in [0.05, 0.1) is 17.8 Å². The van der Waals surface area contributed by atoms with Crippen molar-refractivity contribution < 1.29 is 14.3 Å². The number of methoxy groups -OCH3 is 1. The Bertz CT molecular complexity index is 1020. The van der Waals surface area contributed by atoms with Crippen LogP contribution in [0.4, 0.5) is 0 Å². The summed E-state index contributed by atoms with van der Waals surface area (Å²) >= 11 is 6.93. The van der Waals surface area contributed by atoms with E-state index in [1.165, 1.54) is 0 Å². The van der Waals surface area contributed by atoms with E-state index in [1.807, 2.05) is 42.5 Å². The van der Waals surface area contributed by atoms with E-state index in [-0.39, 0.29) is 5.91 Å². The summed E-state index contributed by atoms with van der Waals surface area (Å²) < 4.78 is 12.8. The molecule has 0 unspecified atom stereocenters. The van der Waals surface area contributed by atoms with Gasteiger partial charge in [-0.1, -0.05) is 34.1 Å². The molecule has 0 atom stereocenters. The van der Waals surface area contributed by atoms with E-state index in [0.717, 1.165) is 25.8 Å². The molecule has 3 rings (SSSR count). The summed E-state index contributed by atoms with van der Waals surface area (Å²) in [4.78, 5) is 12.2. The third kappa shape index (κ3) is 6.17. The van der Waals surface area contributed by atoms with Gasteiger partial charge in [-0.25, -0.2) is 5.43 Å². The summed E-state index contributed by atoms with van der Waals surface area (Å²) in [7, 11) is 1.55. The van der Waals surface area contributed by atoms with Crippen LogP contribution < -0.4 is 14.9 Å². The molecule has 1 amide bonds. The van der Waals surface area contributed by atoms with Crippen molar-refractivity contribution in [2.24, 2.45) is 5.10 Å². The van der Waals surface area contributed by atoms with E-state index in [2.05, 4.69) is 42.4 Å². The molecule has 0 saturated heterocycles. The number of ether oxygens (including phenoxy) is 2. The van der Waals surface area contributed by atoms with E-state index >= 15 is 0 Å². The zero-order valence-corrected chi connectivity index (χ0v) is 18.7. The zero-order chi connectivity index (χ0) is 20.6. The molecule has 0 aliphatic carbocycles. The van der Waals surface area contributed by atoms with E-state index in [1.54, 1.807) is 37.6 Å². The molecule has 0 radical (unpaired) electrons. The minimum absolute atomic E-state index is 0.311. The molecule has 0 heterocycles. The average molecular weight is 518 g/mol. The summed E-state index contributed by atoms with van der Waals surface area (Å²) in [5, 5.41) is 4.01. The van der Waals surface area contributed by atoms with Crippen molar-refractivity contribution in [3.05, 3.63) is 92.4 Å². The molecule has 0 aliphatic rings. The maximum Gasteiger partial charge on any atom is 0.271 e. The second-order valence-corrected chi connectivity index (χ2v) is 7.81. The van der Waals surface area contributed by atoms with Crippen LogP contribution in [-0.4, -0.2) is 19.2 Å². The number of hydrogen-bond donors (Lipinski definition) is 1. The lowest BCUT2D eigenvalue weighted by molar-refractivity contribution is 0.0955. The molecule has 0 spiro atoms. The highest BCUT2D eigenvalue weighted by atomic mass is 79.9. The van der Waals surface area contributed by atoms with Crippen molar-refractivity contribution in [1.29, 1.82) is 0 Å². The molecular formula is C22H18Br2N2O3. The fourth-order valence-electron chi connectivity index (χ4n) is 2.45. The van der Waals surface area contributed by atoms with Crippen molar-refractivity contribution >= 4 is 44.0 Å². The molecule has 1 N–H and O–H groups in total. The van der Waals surface area contributed by atoms with Crippen LogP contribution in [0, 0.1) is 0 Å². The lowest BCUT2D eigenvalue weighted by Crippen LogP contribution is -2.17. The third-order valence-electron chi connectivity index (χ3n) is 3.98. The Morgan fingerprint density at radius 3 is 2.59 bits per heavy atom. The molecule has 0 aromatic heterocycles. The second kappa shape index (κ2) is 10.2. The normalized spacial score (nSPS) is 10.7. The van der Waals surface area contributed by atoms with Gasteiger partial charge in [0, 0.05) is 10.0 Å². The number of benzene rings is 3. The van der Waals surface area contributed by atoms with Gasteiger partial charge in [-0.3, -0.25) is 4.79 Å². The van der Waals surface area contributed by atoms with Crippen LogP contribution in [-0.2, 0) is 6.61 Å². The van der Waals surface area contributed by atoms with Gasteiger partial charge in [-0.2, -0.15) is 5.10 Å². The number of rotatable bonds is 7. The first-order chi connectivity index (χ1) is 14.0. The molecule has 3 aromatic carbocycles. The number of halogens is 2. The van der Waals surface area contributed by atoms with Gasteiger partial charge >= 0.3 is 0 Å². The number of hydrogen-bond acceptors (Lipinski definition) is 4. The van der Waals surface area contributed by atoms with Crippen LogP contribution in [0.1, 0.15) is 21.5 Å². The fraction of sp³-hybridized carbons (Fsp3) is 0.0909. The van der Waals surface area contributed by atoms with Crippen molar-refractivity contribution in [1.82, 2.24) is 5.43 Å². The summed E-state index contributed by atoms with van der Waals surface area (Å²) in [6.45, 7) is 0.468. The van der Waals surface area contributed by atoms with Crippen LogP contribution in [0.5, 0.6) is 11.5 Å². The van der Waals surface area contributed by atoms with Crippen LogP contribution in [0.25, 0.3) is 0 Å². The largest absolute Gasteiger partial charge is 0.497 e. The van der Waals surface area contributed by atoms with E-state index in [0.29, 0.717) is 17.9 Å². The zero-order valence-electron chi connectivity index (χ0n) is 15.6. The molecule has 5 nitrogen and oxygen atoms in total. The van der Waals surface area contributed by atoms with Gasteiger partial charge in [-0.05, 0) is 75.6 Å². The predicted octanol–water partition coefficient (Wildman–Crippen LogP) is 5.56. The van der Waals surface area contributed by atoms with Crippen LogP contribution in [0.3, 0.4) is 0 Å². The van der Waals surface area contributed by atoms with Gasteiger partial charge in [0.1, 0.15) is 18.1 Å². The van der Waals surface area contributed by atoms with Gasteiger partial charge in [0.25, 0.3) is 5.91 Å². The molecule has 148 valence electrons. The number of carbonyl (C=O) groups is 1. The highest BCUT2D eigenvalue weighted by Crippen LogP contribution is 2.26. The van der Waals surface area contributed by atoms with Gasteiger partial charge in [-0.15, -0.1) is 0 Å². The maximum absolute atomic E-state index is 12.2. The van der Waals surface area contributed by atoms with Crippen molar-refractivity contribution in [3.8, 4) is 11.5 Å². The predicted molar refractivity (Wildman–Crippen MR) is 121 cm³/mol. The lowest BCUT2D eigenvalue weighted by Gasteiger charge is -2.09. The van der Waals surface area contributed by atoms with E-state index in [9.17, 15) is 4.79 Å². The standard InChI is InChI=1S/C22H18Br2N2O3/c1-28-19-4-2-3-17(12-19)22(27)26-25-13-16-7-10-21(20(24)11-16)29-14-15-5-8-18(23)9-6-15/h2-13H,14H2,1H3,(H,26,27)/b25-13+. The first-order valence-corrected chi connectivity index (χ1v) is 10.3. The highest BCUT2D eigenvalue weighted by Gasteiger charge is 2.06. The van der Waals surface area contributed by atoms with Gasteiger partial charge in [0.2, 0.25) is 0 Å². The Labute approximate surface area is 186 Å². The number of nitrogens with zero attached hydrogens (tertiary/aromatic N) is 1. The minimum Gasteiger partial charge on any atom is -0.497 e. The van der Waals surface area contributed by atoms with E-state index in [4.69, 9.17) is 9.47 Å². The highest BCUT2D eigenvalue weighted by molar-refractivity contribution is 9.10. The van der Waals surface area contributed by atoms with Crippen molar-refractivity contribution in [2.75, 3.05) is 7.11 Å². The fourth-order valence-corrected chi connectivity index (χ4v) is 3.23. The first kappa shape index (κ1) is 21.1. The Morgan fingerprint density at radius 2 is 1.86 bits per heavy atom. The summed E-state index contributed by atoms with van der Waals surface area (Å²) in [5.74, 6) is 1.03. The van der Waals surface area contributed by atoms with Crippen LogP contribution in [0.15, 0.2) is 80.8 Å². The summed E-state index contributed by atoms with van der Waals surface area (Å²) in [5.41, 5.74) is 4.87. The molecule has 0 aliphatic heterocycles. The molecular weight excluding hydrogens is 500 g/mol. The Morgan fingerprint density at radius 1 is 1.07 bits per heavy atom. The summed E-state index contributed by atoms with van der Waals surface area (Å²) in [6.07, 6.45) is 1.57. The number of carbonyl (C=O) groups excluding carboxylic acids is 1. The first-order valence-electron chi connectivity index (χ1n) is 8.69. The molecule has 29 heavy (non-hydrogen) atoms. The Hall–Kier alpha value is -2.64. The lowest BCUT2D eigenvalue weighted by atomic mass is 10.2. The molecule has 7 heteroatoms. The SMILES string of the molecule is COc1cccc(C(=O)N/N=C/c2ccc(OCc3ccc(Br)cc3)c(Br)c2)c1. The number of hydrazone groups is 1. The van der Waals surface area contributed by atoms with Gasteiger partial charge < -0.3 is 9.47 Å². The Balaban J connectivity index is 1.57. The smallest absolute Gasteiger partial charge is 0.271 e. The topological polar surface area (TPSA) is 59.9 Å². The van der Waals surface area contributed by atoms with Gasteiger partial charge in [0.15, 0.2) is 0 Å². The second-order valence-electron chi connectivity index (χ2n) is 6.04.